The van der Waals surface area contributed by atoms with E-state index in [1.807, 2.05) is 60.4 Å². The number of rotatable bonds is 6. The van der Waals surface area contributed by atoms with Crippen LogP contribution in [-0.2, 0) is 4.79 Å². The number of hydrogen-bond acceptors (Lipinski definition) is 3. The van der Waals surface area contributed by atoms with Gasteiger partial charge in [0.2, 0.25) is 5.91 Å². The molecular weight excluding hydrogens is 376 g/mol. The van der Waals surface area contributed by atoms with Crippen molar-refractivity contribution in [2.24, 2.45) is 5.92 Å². The molecule has 0 bridgehead atoms. The highest BCUT2D eigenvalue weighted by atomic mass is 16.2. The molecule has 30 heavy (non-hydrogen) atoms. The number of nitrogens with zero attached hydrogens (tertiary/aromatic N) is 2. The van der Waals surface area contributed by atoms with Crippen molar-refractivity contribution in [3.8, 4) is 0 Å². The van der Waals surface area contributed by atoms with E-state index in [1.165, 1.54) is 0 Å². The molecule has 1 heterocycles. The van der Waals surface area contributed by atoms with Gasteiger partial charge in [0.1, 0.15) is 0 Å². The Kier molecular flexibility index (Phi) is 7.33. The molecule has 2 aromatic carbocycles. The predicted octanol–water partition coefficient (Wildman–Crippen LogP) is 4.72. The first kappa shape index (κ1) is 21.7. The fourth-order valence-corrected chi connectivity index (χ4v) is 3.77. The van der Waals surface area contributed by atoms with E-state index in [9.17, 15) is 9.59 Å². The summed E-state index contributed by atoms with van der Waals surface area (Å²) in [5.74, 6) is 0.437. The maximum atomic E-state index is 12.6. The monoisotopic (exact) mass is 408 g/mol. The molecule has 0 radical (unpaired) electrons. The van der Waals surface area contributed by atoms with Crippen LogP contribution in [-0.4, -0.2) is 43.0 Å². The molecule has 6 nitrogen and oxygen atoms in total. The zero-order valence-electron chi connectivity index (χ0n) is 18.1. The minimum atomic E-state index is -0.264. The highest BCUT2D eigenvalue weighted by Gasteiger charge is 2.25. The van der Waals surface area contributed by atoms with Gasteiger partial charge in [-0.25, -0.2) is 4.79 Å². The van der Waals surface area contributed by atoms with Crippen LogP contribution in [0.1, 0.15) is 32.3 Å². The first-order valence-corrected chi connectivity index (χ1v) is 10.8. The Bertz CT molecular complexity index is 837. The van der Waals surface area contributed by atoms with E-state index >= 15 is 0 Å². The quantitative estimate of drug-likeness (QED) is 0.727. The molecular formula is C24H32N4O2. The van der Waals surface area contributed by atoms with Crippen LogP contribution in [0, 0.1) is 12.8 Å². The molecule has 0 saturated carbocycles. The fourth-order valence-electron chi connectivity index (χ4n) is 3.77. The summed E-state index contributed by atoms with van der Waals surface area (Å²) in [6, 6.07) is 15.3. The van der Waals surface area contributed by atoms with E-state index in [4.69, 9.17) is 0 Å². The summed E-state index contributed by atoms with van der Waals surface area (Å²) in [5, 5.41) is 5.69. The number of carbonyl (C=O) groups is 2. The van der Waals surface area contributed by atoms with Crippen molar-refractivity contribution >= 4 is 29.0 Å². The first-order chi connectivity index (χ1) is 14.5. The van der Waals surface area contributed by atoms with Gasteiger partial charge in [0.05, 0.1) is 0 Å². The smallest absolute Gasteiger partial charge is 0.323 e. The van der Waals surface area contributed by atoms with E-state index < -0.39 is 0 Å². The van der Waals surface area contributed by atoms with Gasteiger partial charge in [-0.05, 0) is 56.2 Å². The van der Waals surface area contributed by atoms with Crippen molar-refractivity contribution in [3.05, 3.63) is 54.1 Å². The third-order valence-electron chi connectivity index (χ3n) is 5.73. The molecule has 6 heteroatoms. The zero-order chi connectivity index (χ0) is 21.5. The maximum Gasteiger partial charge on any atom is 0.323 e. The van der Waals surface area contributed by atoms with Crippen molar-refractivity contribution in [1.29, 1.82) is 0 Å². The Morgan fingerprint density at radius 1 is 0.833 bits per heavy atom. The van der Waals surface area contributed by atoms with E-state index in [0.29, 0.717) is 5.91 Å². The van der Waals surface area contributed by atoms with Crippen LogP contribution >= 0.6 is 0 Å². The molecule has 1 aliphatic heterocycles. The molecule has 2 N–H and O–H groups in total. The third kappa shape index (κ3) is 5.53. The summed E-state index contributed by atoms with van der Waals surface area (Å²) in [6.45, 7) is 9.34. The van der Waals surface area contributed by atoms with Gasteiger partial charge in [0, 0.05) is 49.2 Å². The second-order valence-electron chi connectivity index (χ2n) is 7.82. The molecule has 3 rings (SSSR count). The standard InChI is InChI=1S/C24H32N4O2/c1-4-19(5-2)23(29)28-16-14-27(15-17-28)22-12-10-21(11-13-22)26-24(30)25-20-8-6-18(3)7-9-20/h6-13,19H,4-5,14-17H2,1-3H3,(H2,25,26,30). The largest absolute Gasteiger partial charge is 0.368 e. The lowest BCUT2D eigenvalue weighted by Gasteiger charge is -2.37. The van der Waals surface area contributed by atoms with Gasteiger partial charge in [0.15, 0.2) is 0 Å². The highest BCUT2D eigenvalue weighted by Crippen LogP contribution is 2.21. The van der Waals surface area contributed by atoms with Gasteiger partial charge in [-0.3, -0.25) is 4.79 Å². The lowest BCUT2D eigenvalue weighted by Crippen LogP contribution is -2.50. The van der Waals surface area contributed by atoms with E-state index in [2.05, 4.69) is 29.4 Å². The Labute approximate surface area is 179 Å². The lowest BCUT2D eigenvalue weighted by molar-refractivity contribution is -0.136. The number of amides is 3. The van der Waals surface area contributed by atoms with Crippen molar-refractivity contribution < 1.29 is 9.59 Å². The normalized spacial score (nSPS) is 14.0. The minimum absolute atomic E-state index is 0.146. The number of carbonyl (C=O) groups excluding carboxylic acids is 2. The van der Waals surface area contributed by atoms with Crippen molar-refractivity contribution in [2.75, 3.05) is 41.7 Å². The van der Waals surface area contributed by atoms with Gasteiger partial charge in [-0.15, -0.1) is 0 Å². The molecule has 0 aliphatic carbocycles. The van der Waals surface area contributed by atoms with Crippen molar-refractivity contribution in [2.45, 2.75) is 33.6 Å². The maximum absolute atomic E-state index is 12.6. The van der Waals surface area contributed by atoms with Crippen molar-refractivity contribution in [1.82, 2.24) is 4.90 Å². The van der Waals surface area contributed by atoms with Crippen LogP contribution in [0.15, 0.2) is 48.5 Å². The van der Waals surface area contributed by atoms with Crippen molar-refractivity contribution in [3.63, 3.8) is 0 Å². The number of nitrogens with one attached hydrogen (secondary N) is 2. The molecule has 0 unspecified atom stereocenters. The second kappa shape index (κ2) is 10.1. The van der Waals surface area contributed by atoms with E-state index in [0.717, 1.165) is 61.6 Å². The van der Waals surface area contributed by atoms with E-state index in [-0.39, 0.29) is 11.9 Å². The Morgan fingerprint density at radius 2 is 1.33 bits per heavy atom. The number of benzene rings is 2. The van der Waals surface area contributed by atoms with E-state index in [1.54, 1.807) is 0 Å². The Hall–Kier alpha value is -3.02. The molecule has 0 spiro atoms. The lowest BCUT2D eigenvalue weighted by atomic mass is 10.0. The van der Waals surface area contributed by atoms with Crippen LogP contribution in [0.2, 0.25) is 0 Å². The molecule has 160 valence electrons. The summed E-state index contributed by atoms with van der Waals surface area (Å²) < 4.78 is 0. The average Bonchev–Trinajstić information content (AvgIpc) is 2.77. The minimum Gasteiger partial charge on any atom is -0.368 e. The van der Waals surface area contributed by atoms with Crippen LogP contribution in [0.4, 0.5) is 21.9 Å². The average molecular weight is 409 g/mol. The highest BCUT2D eigenvalue weighted by molar-refractivity contribution is 5.99. The van der Waals surface area contributed by atoms with Crippen LogP contribution in [0.3, 0.4) is 0 Å². The topological polar surface area (TPSA) is 64.7 Å². The first-order valence-electron chi connectivity index (χ1n) is 10.8. The molecule has 2 aromatic rings. The van der Waals surface area contributed by atoms with Crippen LogP contribution < -0.4 is 15.5 Å². The number of anilines is 3. The molecule has 0 aromatic heterocycles. The predicted molar refractivity (Wildman–Crippen MR) is 123 cm³/mol. The van der Waals surface area contributed by atoms with Gasteiger partial charge in [0.25, 0.3) is 0 Å². The summed E-state index contributed by atoms with van der Waals surface area (Å²) in [7, 11) is 0. The molecule has 1 aliphatic rings. The number of urea groups is 1. The zero-order valence-corrected chi connectivity index (χ0v) is 18.1. The van der Waals surface area contributed by atoms with Gasteiger partial charge in [-0.1, -0.05) is 31.5 Å². The Morgan fingerprint density at radius 3 is 1.83 bits per heavy atom. The molecule has 1 fully saturated rings. The fraction of sp³-hybridized carbons (Fsp3) is 0.417. The molecule has 0 atom stereocenters. The Balaban J connectivity index is 1.50. The van der Waals surface area contributed by atoms with Crippen LogP contribution in [0.5, 0.6) is 0 Å². The third-order valence-corrected chi connectivity index (χ3v) is 5.73. The number of piperazine rings is 1. The summed E-state index contributed by atoms with van der Waals surface area (Å²) in [6.07, 6.45) is 1.81. The summed E-state index contributed by atoms with van der Waals surface area (Å²) in [4.78, 5) is 29.0. The number of aryl methyl sites for hydroxylation is 1. The van der Waals surface area contributed by atoms with Gasteiger partial charge < -0.3 is 20.4 Å². The molecule has 3 amide bonds. The summed E-state index contributed by atoms with van der Waals surface area (Å²) >= 11 is 0. The van der Waals surface area contributed by atoms with Crippen LogP contribution in [0.25, 0.3) is 0 Å². The molecule has 1 saturated heterocycles. The van der Waals surface area contributed by atoms with Gasteiger partial charge >= 0.3 is 6.03 Å². The SMILES string of the molecule is CCC(CC)C(=O)N1CCN(c2ccc(NC(=O)Nc3ccc(C)cc3)cc2)CC1. The second-order valence-corrected chi connectivity index (χ2v) is 7.82. The van der Waals surface area contributed by atoms with Gasteiger partial charge in [-0.2, -0.15) is 0 Å². The number of hydrogen-bond donors (Lipinski definition) is 2. The summed E-state index contributed by atoms with van der Waals surface area (Å²) in [5.41, 5.74) is 3.76.